The maximum absolute atomic E-state index is 13.8. The van der Waals surface area contributed by atoms with Gasteiger partial charge in [-0.25, -0.2) is 13.8 Å². The number of rotatable bonds is 6. The van der Waals surface area contributed by atoms with Crippen LogP contribution in [0.4, 0.5) is 8.78 Å². The van der Waals surface area contributed by atoms with Crippen LogP contribution in [-0.4, -0.2) is 21.3 Å². The van der Waals surface area contributed by atoms with Crippen molar-refractivity contribution in [2.24, 2.45) is 12.5 Å². The molecule has 1 aromatic heterocycles. The first-order valence-corrected chi connectivity index (χ1v) is 7.11. The standard InChI is InChI=1S/C16H21F2N3O/c1-16(2,10-22)14(15-19-7-8-21(15)3)20-9-11-12(17)5-4-6-13(11)18/h4-8,14,20,22H,9-10H2,1-3H3. The Hall–Kier alpha value is -1.79. The van der Waals surface area contributed by atoms with Gasteiger partial charge in [-0.15, -0.1) is 0 Å². The summed E-state index contributed by atoms with van der Waals surface area (Å²) in [5.74, 6) is -0.475. The van der Waals surface area contributed by atoms with Crippen molar-refractivity contribution in [2.75, 3.05) is 6.61 Å². The number of imidazole rings is 1. The maximum atomic E-state index is 13.8. The number of aryl methyl sites for hydroxylation is 1. The van der Waals surface area contributed by atoms with E-state index in [0.29, 0.717) is 5.82 Å². The molecule has 6 heteroatoms. The lowest BCUT2D eigenvalue weighted by atomic mass is 9.84. The summed E-state index contributed by atoms with van der Waals surface area (Å²) < 4.78 is 29.3. The smallest absolute Gasteiger partial charge is 0.130 e. The minimum absolute atomic E-state index is 0.0134. The Morgan fingerprint density at radius 2 is 1.95 bits per heavy atom. The Morgan fingerprint density at radius 1 is 1.32 bits per heavy atom. The first-order valence-electron chi connectivity index (χ1n) is 7.11. The van der Waals surface area contributed by atoms with Gasteiger partial charge in [-0.3, -0.25) is 0 Å². The molecule has 0 amide bonds. The molecule has 0 aliphatic heterocycles. The summed E-state index contributed by atoms with van der Waals surface area (Å²) in [5.41, 5.74) is -0.559. The summed E-state index contributed by atoms with van der Waals surface area (Å²) >= 11 is 0. The number of halogens is 2. The number of aliphatic hydroxyl groups excluding tert-OH is 1. The number of aliphatic hydroxyl groups is 1. The van der Waals surface area contributed by atoms with Crippen LogP contribution in [0.15, 0.2) is 30.6 Å². The highest BCUT2D eigenvalue weighted by atomic mass is 19.1. The van der Waals surface area contributed by atoms with Crippen LogP contribution in [0.3, 0.4) is 0 Å². The lowest BCUT2D eigenvalue weighted by Gasteiger charge is -2.33. The zero-order valence-corrected chi connectivity index (χ0v) is 13.0. The summed E-state index contributed by atoms with van der Waals surface area (Å²) in [6.07, 6.45) is 3.45. The van der Waals surface area contributed by atoms with E-state index in [-0.39, 0.29) is 24.8 Å². The summed E-state index contributed by atoms with van der Waals surface area (Å²) in [6, 6.07) is 3.44. The molecule has 0 aliphatic carbocycles. The summed E-state index contributed by atoms with van der Waals surface area (Å²) in [6.45, 7) is 3.67. The van der Waals surface area contributed by atoms with Crippen LogP contribution in [0.1, 0.15) is 31.3 Å². The summed E-state index contributed by atoms with van der Waals surface area (Å²) in [7, 11) is 1.84. The van der Waals surface area contributed by atoms with Gasteiger partial charge >= 0.3 is 0 Å². The second-order valence-electron chi connectivity index (χ2n) is 6.06. The van der Waals surface area contributed by atoms with Crippen molar-refractivity contribution in [1.29, 1.82) is 0 Å². The number of benzene rings is 1. The van der Waals surface area contributed by atoms with E-state index in [9.17, 15) is 13.9 Å². The number of aromatic nitrogens is 2. The second-order valence-corrected chi connectivity index (χ2v) is 6.06. The Balaban J connectivity index is 2.27. The first kappa shape index (κ1) is 16.6. The van der Waals surface area contributed by atoms with Gasteiger partial charge in [-0.05, 0) is 12.1 Å². The predicted molar refractivity (Wildman–Crippen MR) is 80.0 cm³/mol. The fourth-order valence-electron chi connectivity index (χ4n) is 2.37. The molecule has 2 aromatic rings. The molecule has 0 saturated heterocycles. The molecule has 0 aliphatic rings. The molecule has 0 radical (unpaired) electrons. The lowest BCUT2D eigenvalue weighted by molar-refractivity contribution is 0.109. The lowest BCUT2D eigenvalue weighted by Crippen LogP contribution is -2.38. The minimum atomic E-state index is -0.590. The molecule has 2 rings (SSSR count). The molecule has 120 valence electrons. The van der Waals surface area contributed by atoms with Gasteiger partial charge in [-0.2, -0.15) is 0 Å². The van der Waals surface area contributed by atoms with Gasteiger partial charge in [0.05, 0.1) is 12.6 Å². The minimum Gasteiger partial charge on any atom is -0.396 e. The van der Waals surface area contributed by atoms with E-state index < -0.39 is 17.0 Å². The van der Waals surface area contributed by atoms with Crippen LogP contribution in [0.5, 0.6) is 0 Å². The fraction of sp³-hybridized carbons (Fsp3) is 0.438. The molecular formula is C16H21F2N3O. The highest BCUT2D eigenvalue weighted by Gasteiger charge is 2.33. The van der Waals surface area contributed by atoms with Gasteiger partial charge in [0.1, 0.15) is 17.5 Å². The topological polar surface area (TPSA) is 50.1 Å². The zero-order chi connectivity index (χ0) is 16.3. The molecule has 0 fully saturated rings. The first-order chi connectivity index (χ1) is 10.4. The van der Waals surface area contributed by atoms with E-state index in [1.807, 2.05) is 25.5 Å². The monoisotopic (exact) mass is 309 g/mol. The highest BCUT2D eigenvalue weighted by Crippen LogP contribution is 2.32. The highest BCUT2D eigenvalue weighted by molar-refractivity contribution is 5.20. The normalized spacial score (nSPS) is 13.4. The van der Waals surface area contributed by atoms with Crippen molar-refractivity contribution in [1.82, 2.24) is 14.9 Å². The third-order valence-electron chi connectivity index (χ3n) is 3.85. The van der Waals surface area contributed by atoms with Gasteiger partial charge in [0, 0.05) is 37.0 Å². The number of hydrogen-bond acceptors (Lipinski definition) is 3. The van der Waals surface area contributed by atoms with E-state index in [1.54, 1.807) is 12.4 Å². The molecule has 1 unspecified atom stereocenters. The molecule has 0 saturated carbocycles. The summed E-state index contributed by atoms with van der Waals surface area (Å²) in [4.78, 5) is 4.29. The molecule has 22 heavy (non-hydrogen) atoms. The Labute approximate surface area is 128 Å². The SMILES string of the molecule is Cn1ccnc1C(NCc1c(F)cccc1F)C(C)(C)CO. The van der Waals surface area contributed by atoms with Gasteiger partial charge in [0.2, 0.25) is 0 Å². The number of nitrogens with one attached hydrogen (secondary N) is 1. The van der Waals surface area contributed by atoms with Crippen molar-refractivity contribution in [3.8, 4) is 0 Å². The van der Waals surface area contributed by atoms with E-state index in [2.05, 4.69) is 10.3 Å². The molecule has 4 nitrogen and oxygen atoms in total. The van der Waals surface area contributed by atoms with Crippen molar-refractivity contribution in [3.05, 3.63) is 53.6 Å². The van der Waals surface area contributed by atoms with Gasteiger partial charge in [0.25, 0.3) is 0 Å². The number of hydrogen-bond donors (Lipinski definition) is 2. The van der Waals surface area contributed by atoms with E-state index >= 15 is 0 Å². The molecular weight excluding hydrogens is 288 g/mol. The molecule has 1 atom stereocenters. The predicted octanol–water partition coefficient (Wildman–Crippen LogP) is 2.55. The van der Waals surface area contributed by atoms with Crippen molar-refractivity contribution < 1.29 is 13.9 Å². The van der Waals surface area contributed by atoms with Crippen LogP contribution in [0.2, 0.25) is 0 Å². The van der Waals surface area contributed by atoms with Crippen molar-refractivity contribution in [3.63, 3.8) is 0 Å². The number of nitrogens with zero attached hydrogens (tertiary/aromatic N) is 2. The zero-order valence-electron chi connectivity index (χ0n) is 13.0. The fourth-order valence-corrected chi connectivity index (χ4v) is 2.37. The molecule has 2 N–H and O–H groups in total. The molecule has 0 bridgehead atoms. The third-order valence-corrected chi connectivity index (χ3v) is 3.85. The van der Waals surface area contributed by atoms with E-state index in [1.165, 1.54) is 18.2 Å². The van der Waals surface area contributed by atoms with Crippen molar-refractivity contribution in [2.45, 2.75) is 26.4 Å². The third kappa shape index (κ3) is 3.34. The molecule has 1 heterocycles. The Kier molecular flexibility index (Phi) is 4.93. The van der Waals surface area contributed by atoms with Crippen molar-refractivity contribution >= 4 is 0 Å². The quantitative estimate of drug-likeness (QED) is 0.862. The average molecular weight is 309 g/mol. The van der Waals surface area contributed by atoms with Crippen LogP contribution < -0.4 is 5.32 Å². The van der Waals surface area contributed by atoms with Crippen LogP contribution >= 0.6 is 0 Å². The molecule has 1 aromatic carbocycles. The van der Waals surface area contributed by atoms with Gasteiger partial charge < -0.3 is 15.0 Å². The maximum Gasteiger partial charge on any atom is 0.130 e. The van der Waals surface area contributed by atoms with E-state index in [4.69, 9.17) is 0 Å². The molecule has 0 spiro atoms. The van der Waals surface area contributed by atoms with Crippen LogP contribution in [0, 0.1) is 17.0 Å². The van der Waals surface area contributed by atoms with Crippen LogP contribution in [0.25, 0.3) is 0 Å². The van der Waals surface area contributed by atoms with Gasteiger partial charge in [-0.1, -0.05) is 19.9 Å². The largest absolute Gasteiger partial charge is 0.396 e. The Morgan fingerprint density at radius 3 is 2.45 bits per heavy atom. The van der Waals surface area contributed by atoms with Crippen LogP contribution in [-0.2, 0) is 13.6 Å². The Bertz CT molecular complexity index is 620. The van der Waals surface area contributed by atoms with Gasteiger partial charge in [0.15, 0.2) is 0 Å². The second kappa shape index (κ2) is 6.54. The van der Waals surface area contributed by atoms with E-state index in [0.717, 1.165) is 0 Å². The summed E-state index contributed by atoms with van der Waals surface area (Å²) in [5, 5.41) is 12.8. The average Bonchev–Trinajstić information content (AvgIpc) is 2.88.